The fourth-order valence-corrected chi connectivity index (χ4v) is 5.77. The third-order valence-electron chi connectivity index (χ3n) is 8.13. The van der Waals surface area contributed by atoms with Crippen LogP contribution < -0.4 is 5.73 Å². The van der Waals surface area contributed by atoms with Crippen molar-refractivity contribution >= 4 is 12.0 Å². The van der Waals surface area contributed by atoms with Crippen LogP contribution in [0.2, 0.25) is 0 Å². The van der Waals surface area contributed by atoms with Gasteiger partial charge in [0.1, 0.15) is 5.60 Å². The fraction of sp³-hybridized carbons (Fsp3) is 0.552. The lowest BCUT2D eigenvalue weighted by Crippen LogP contribution is -2.53. The number of rotatable bonds is 9. The molecule has 1 saturated heterocycles. The molecule has 36 heavy (non-hydrogen) atoms. The number of benzene rings is 1. The van der Waals surface area contributed by atoms with Crippen LogP contribution in [0.3, 0.4) is 0 Å². The average molecular weight is 492 g/mol. The van der Waals surface area contributed by atoms with Crippen molar-refractivity contribution < 1.29 is 19.4 Å². The van der Waals surface area contributed by atoms with E-state index >= 15 is 0 Å². The Morgan fingerprint density at radius 2 is 1.83 bits per heavy atom. The zero-order valence-electron chi connectivity index (χ0n) is 21.5. The number of primary amides is 1. The topological polar surface area (TPSA) is 106 Å². The molecule has 3 aliphatic rings. The Morgan fingerprint density at radius 1 is 1.17 bits per heavy atom. The maximum Gasteiger partial charge on any atom is 0.410 e. The molecule has 2 aromatic rings. The van der Waals surface area contributed by atoms with Gasteiger partial charge in [-0.25, -0.2) is 4.79 Å². The second-order valence-corrected chi connectivity index (χ2v) is 11.8. The van der Waals surface area contributed by atoms with Gasteiger partial charge in [-0.1, -0.05) is 43.2 Å². The Morgan fingerprint density at radius 3 is 2.33 bits per heavy atom. The molecule has 2 atom stereocenters. The molecule has 1 aliphatic heterocycles. The number of aromatic nitrogens is 1. The number of ether oxygens (including phenoxy) is 1. The van der Waals surface area contributed by atoms with Gasteiger partial charge in [0.2, 0.25) is 5.91 Å². The molecule has 0 spiro atoms. The minimum atomic E-state index is -0.884. The Labute approximate surface area is 213 Å². The minimum Gasteiger partial charge on any atom is -0.443 e. The molecule has 0 unspecified atom stereocenters. The van der Waals surface area contributed by atoms with E-state index in [9.17, 15) is 14.7 Å². The maximum atomic E-state index is 13.1. The highest BCUT2D eigenvalue weighted by Crippen LogP contribution is 2.47. The predicted octanol–water partition coefficient (Wildman–Crippen LogP) is 4.87. The molecular formula is C29H37N3O4. The third-order valence-corrected chi connectivity index (χ3v) is 8.13. The summed E-state index contributed by atoms with van der Waals surface area (Å²) < 4.78 is 6.10. The summed E-state index contributed by atoms with van der Waals surface area (Å²) in [6.45, 7) is 6.21. The van der Waals surface area contributed by atoms with Crippen molar-refractivity contribution in [3.8, 4) is 11.1 Å². The van der Waals surface area contributed by atoms with E-state index in [1.54, 1.807) is 24.9 Å². The fourth-order valence-electron chi connectivity index (χ4n) is 5.77. The summed E-state index contributed by atoms with van der Waals surface area (Å²) in [4.78, 5) is 31.2. The average Bonchev–Trinajstić information content (AvgIpc) is 3.74. The van der Waals surface area contributed by atoms with E-state index in [1.165, 1.54) is 12.8 Å². The highest BCUT2D eigenvalue weighted by atomic mass is 16.6. The second-order valence-electron chi connectivity index (χ2n) is 11.8. The first kappa shape index (κ1) is 24.8. The molecule has 0 bridgehead atoms. The highest BCUT2D eigenvalue weighted by Gasteiger charge is 2.51. The summed E-state index contributed by atoms with van der Waals surface area (Å²) in [7, 11) is 0. The molecule has 3 N–H and O–H groups in total. The smallest absolute Gasteiger partial charge is 0.410 e. The van der Waals surface area contributed by atoms with Crippen molar-refractivity contribution in [1.29, 1.82) is 0 Å². The quantitative estimate of drug-likeness (QED) is 0.521. The summed E-state index contributed by atoms with van der Waals surface area (Å²) in [5, 5.41) is 10.5. The first-order valence-electron chi connectivity index (χ1n) is 13.1. The number of hydrogen-bond donors (Lipinski definition) is 2. The van der Waals surface area contributed by atoms with E-state index < -0.39 is 16.6 Å². The van der Waals surface area contributed by atoms with Crippen molar-refractivity contribution in [1.82, 2.24) is 9.88 Å². The van der Waals surface area contributed by atoms with Gasteiger partial charge in [-0.2, -0.15) is 0 Å². The van der Waals surface area contributed by atoms with E-state index in [0.717, 1.165) is 48.1 Å². The number of pyridine rings is 1. The lowest BCUT2D eigenvalue weighted by Gasteiger charge is -2.45. The van der Waals surface area contributed by atoms with Crippen LogP contribution in [0.15, 0.2) is 42.6 Å². The van der Waals surface area contributed by atoms with Gasteiger partial charge in [-0.15, -0.1) is 0 Å². The maximum absolute atomic E-state index is 13.1. The monoisotopic (exact) mass is 491 g/mol. The van der Waals surface area contributed by atoms with E-state index in [4.69, 9.17) is 10.5 Å². The van der Waals surface area contributed by atoms with E-state index in [-0.39, 0.29) is 18.0 Å². The summed E-state index contributed by atoms with van der Waals surface area (Å²) in [5.41, 5.74) is 7.28. The molecule has 2 aliphatic carbocycles. The summed E-state index contributed by atoms with van der Waals surface area (Å²) in [5.74, 6) is 0.299. The first-order chi connectivity index (χ1) is 17.0. The van der Waals surface area contributed by atoms with Crippen LogP contribution in [0.25, 0.3) is 11.1 Å². The Bertz CT molecular complexity index is 1130. The molecule has 0 radical (unpaired) electrons. The zero-order chi connectivity index (χ0) is 25.7. The van der Waals surface area contributed by atoms with E-state index in [0.29, 0.717) is 18.9 Å². The number of carbonyl (C=O) groups excluding carboxylic acids is 2. The van der Waals surface area contributed by atoms with Crippen molar-refractivity contribution in [3.05, 3.63) is 53.9 Å². The van der Waals surface area contributed by atoms with Crippen LogP contribution >= 0.6 is 0 Å². The van der Waals surface area contributed by atoms with E-state index in [1.807, 2.05) is 43.3 Å². The standard InChI is InChI=1S/C29H37N3O4/c1-19(32-15-14-28(36-26(32)34,16-20-4-5-20)18-27(2,3)35)21-6-8-22(9-7-21)23-10-11-24(31-17-23)29(12-13-29)25(30)33/h6-11,17,19-20,35H,4-5,12-16,18H2,1-3H3,(H2,30,33)/t19-,28+/m0/s1. The van der Waals surface area contributed by atoms with Gasteiger partial charge in [-0.3, -0.25) is 9.78 Å². The number of amides is 2. The van der Waals surface area contributed by atoms with Gasteiger partial charge in [0.15, 0.2) is 0 Å². The molecule has 1 aromatic carbocycles. The molecular weight excluding hydrogens is 454 g/mol. The number of nitrogens with two attached hydrogens (primary N) is 1. The second kappa shape index (κ2) is 8.87. The number of aliphatic hydroxyl groups is 1. The SMILES string of the molecule is C[C@@H](c1ccc(-c2ccc(C3(C(N)=O)CC3)nc2)cc1)N1CC[C@@](CC2CC2)(CC(C)(C)O)OC1=O. The van der Waals surface area contributed by atoms with Crippen molar-refractivity contribution in [2.75, 3.05) is 6.54 Å². The molecule has 3 fully saturated rings. The summed E-state index contributed by atoms with van der Waals surface area (Å²) in [6, 6.07) is 11.9. The summed E-state index contributed by atoms with van der Waals surface area (Å²) in [6.07, 6.45) is 7.42. The van der Waals surface area contributed by atoms with Crippen molar-refractivity contribution in [2.24, 2.45) is 11.7 Å². The van der Waals surface area contributed by atoms with Gasteiger partial charge in [0.25, 0.3) is 0 Å². The Hall–Kier alpha value is -2.93. The van der Waals surface area contributed by atoms with Crippen molar-refractivity contribution in [3.63, 3.8) is 0 Å². The molecule has 1 aromatic heterocycles. The Balaban J connectivity index is 1.26. The van der Waals surface area contributed by atoms with Crippen LogP contribution in [-0.2, 0) is 14.9 Å². The van der Waals surface area contributed by atoms with Crippen LogP contribution in [0.1, 0.15) is 83.0 Å². The van der Waals surface area contributed by atoms with Gasteiger partial charge in [-0.05, 0) is 63.1 Å². The molecule has 2 amide bonds. The lowest BCUT2D eigenvalue weighted by molar-refractivity contribution is -0.120. The number of carbonyl (C=O) groups is 2. The zero-order valence-corrected chi connectivity index (χ0v) is 21.5. The third kappa shape index (κ3) is 4.99. The minimum absolute atomic E-state index is 0.126. The lowest BCUT2D eigenvalue weighted by atomic mass is 9.81. The molecule has 192 valence electrons. The van der Waals surface area contributed by atoms with Crippen LogP contribution in [-0.4, -0.2) is 44.7 Å². The van der Waals surface area contributed by atoms with Gasteiger partial charge >= 0.3 is 6.09 Å². The van der Waals surface area contributed by atoms with Gasteiger partial charge < -0.3 is 20.5 Å². The molecule has 5 rings (SSSR count). The normalized spacial score (nSPS) is 24.2. The number of cyclic esters (lactones) is 1. The van der Waals surface area contributed by atoms with Crippen LogP contribution in [0, 0.1) is 5.92 Å². The first-order valence-corrected chi connectivity index (χ1v) is 13.1. The molecule has 7 nitrogen and oxygen atoms in total. The van der Waals surface area contributed by atoms with Crippen LogP contribution in [0.4, 0.5) is 4.79 Å². The Kier molecular flexibility index (Phi) is 6.10. The summed E-state index contributed by atoms with van der Waals surface area (Å²) >= 11 is 0. The number of hydrogen-bond acceptors (Lipinski definition) is 5. The molecule has 2 heterocycles. The largest absolute Gasteiger partial charge is 0.443 e. The highest BCUT2D eigenvalue weighted by molar-refractivity contribution is 5.89. The predicted molar refractivity (Wildman–Crippen MR) is 137 cm³/mol. The number of nitrogens with zero attached hydrogens (tertiary/aromatic N) is 2. The van der Waals surface area contributed by atoms with Gasteiger partial charge in [0, 0.05) is 31.1 Å². The van der Waals surface area contributed by atoms with Crippen LogP contribution in [0.5, 0.6) is 0 Å². The molecule has 7 heteroatoms. The van der Waals surface area contributed by atoms with Crippen molar-refractivity contribution in [2.45, 2.75) is 88.4 Å². The van der Waals surface area contributed by atoms with Gasteiger partial charge in [0.05, 0.1) is 22.8 Å². The van der Waals surface area contributed by atoms with E-state index in [2.05, 4.69) is 4.98 Å². The molecule has 2 saturated carbocycles.